The first-order valence-electron chi connectivity index (χ1n) is 10.2. The van der Waals surface area contributed by atoms with Gasteiger partial charge in [0.1, 0.15) is 17.9 Å². The Balaban J connectivity index is 1.73. The first-order chi connectivity index (χ1) is 15.7. The number of benzene rings is 2. The van der Waals surface area contributed by atoms with Crippen LogP contribution in [0.5, 0.6) is 0 Å². The van der Waals surface area contributed by atoms with Gasteiger partial charge in [-0.3, -0.25) is 9.69 Å². The van der Waals surface area contributed by atoms with Gasteiger partial charge in [-0.25, -0.2) is 4.39 Å². The monoisotopic (exact) mass is 484 g/mol. The Kier molecular flexibility index (Phi) is 6.76. The number of amides is 1. The highest BCUT2D eigenvalue weighted by molar-refractivity contribution is 6.22. The van der Waals surface area contributed by atoms with Gasteiger partial charge in [0.15, 0.2) is 0 Å². The normalized spacial score (nSPS) is 26.2. The Morgan fingerprint density at radius 3 is 2.45 bits per heavy atom. The van der Waals surface area contributed by atoms with Crippen molar-refractivity contribution in [3.8, 4) is 0 Å². The van der Waals surface area contributed by atoms with E-state index in [0.29, 0.717) is 5.57 Å². The van der Waals surface area contributed by atoms with Gasteiger partial charge in [0, 0.05) is 19.2 Å². The number of carbonyl (C=O) groups excluding carboxylic acids is 1. The summed E-state index contributed by atoms with van der Waals surface area (Å²) in [6, 6.07) is 10.7. The van der Waals surface area contributed by atoms with E-state index in [4.69, 9.17) is 21.1 Å². The molecule has 2 aliphatic rings. The molecule has 10 heteroatoms. The van der Waals surface area contributed by atoms with Gasteiger partial charge in [-0.15, -0.1) is 0 Å². The maximum atomic E-state index is 14.0. The zero-order chi connectivity index (χ0) is 23.6. The molecular weight excluding hydrogens is 464 g/mol. The van der Waals surface area contributed by atoms with E-state index in [1.807, 2.05) is 6.07 Å². The van der Waals surface area contributed by atoms with Crippen molar-refractivity contribution in [3.63, 3.8) is 0 Å². The molecule has 3 atom stereocenters. The summed E-state index contributed by atoms with van der Waals surface area (Å²) in [4.78, 5) is 12.7. The largest absolute Gasteiger partial charge is 0.406 e. The minimum Gasteiger partial charge on any atom is -0.349 e. The van der Waals surface area contributed by atoms with Crippen molar-refractivity contribution >= 4 is 17.5 Å². The first-order valence-corrected chi connectivity index (χ1v) is 10.6. The number of morpholine rings is 1. The average Bonchev–Trinajstić information content (AvgIpc) is 3.18. The molecule has 1 fully saturated rings. The van der Waals surface area contributed by atoms with Gasteiger partial charge in [-0.2, -0.15) is 13.2 Å². The highest BCUT2D eigenvalue weighted by atomic mass is 35.5. The average molecular weight is 485 g/mol. The standard InChI is InChI=1S/C23H21ClF4N2O3/c24-22(32-13-15-4-2-1-3-5-15)21(17-6-8-18(25)9-7-17)30(12-16-10-20(31)29-11-16)19(14-33-22)23(26,27)28/h1-10,19,21H,11-14H2,(H,29,31)/t19?,21-,22-/m0/s1. The molecule has 1 saturated heterocycles. The van der Waals surface area contributed by atoms with E-state index >= 15 is 0 Å². The molecule has 0 bridgehead atoms. The maximum Gasteiger partial charge on any atom is 0.406 e. The molecule has 5 nitrogen and oxygen atoms in total. The van der Waals surface area contributed by atoms with Crippen LogP contribution < -0.4 is 5.32 Å². The summed E-state index contributed by atoms with van der Waals surface area (Å²) in [7, 11) is 0. The molecule has 0 saturated carbocycles. The van der Waals surface area contributed by atoms with E-state index in [1.165, 1.54) is 18.2 Å². The van der Waals surface area contributed by atoms with E-state index in [0.717, 1.165) is 22.6 Å². The van der Waals surface area contributed by atoms with Crippen LogP contribution in [0.4, 0.5) is 17.6 Å². The number of nitrogens with zero attached hydrogens (tertiary/aromatic N) is 1. The molecule has 1 amide bonds. The van der Waals surface area contributed by atoms with Crippen molar-refractivity contribution in [2.24, 2.45) is 0 Å². The molecule has 0 radical (unpaired) electrons. The van der Waals surface area contributed by atoms with Crippen LogP contribution in [0.25, 0.3) is 0 Å². The zero-order valence-electron chi connectivity index (χ0n) is 17.3. The smallest absolute Gasteiger partial charge is 0.349 e. The molecule has 2 aromatic carbocycles. The number of ether oxygens (including phenoxy) is 2. The number of nitrogens with one attached hydrogen (secondary N) is 1. The van der Waals surface area contributed by atoms with E-state index in [-0.39, 0.29) is 31.2 Å². The molecular formula is C23H21ClF4N2O3. The number of hydrogen-bond acceptors (Lipinski definition) is 4. The second-order valence-electron chi connectivity index (χ2n) is 7.87. The van der Waals surface area contributed by atoms with E-state index in [1.54, 1.807) is 24.3 Å². The van der Waals surface area contributed by atoms with Gasteiger partial charge in [-0.05, 0) is 28.8 Å². The highest BCUT2D eigenvalue weighted by Gasteiger charge is 2.57. The summed E-state index contributed by atoms with van der Waals surface area (Å²) in [5.41, 5.74) is 1.49. The van der Waals surface area contributed by atoms with Crippen LogP contribution in [0.2, 0.25) is 0 Å². The fourth-order valence-corrected chi connectivity index (χ4v) is 4.33. The second-order valence-corrected chi connectivity index (χ2v) is 8.40. The van der Waals surface area contributed by atoms with E-state index in [9.17, 15) is 22.4 Å². The van der Waals surface area contributed by atoms with Crippen molar-refractivity contribution in [3.05, 3.63) is 83.2 Å². The highest BCUT2D eigenvalue weighted by Crippen LogP contribution is 2.47. The Hall–Kier alpha value is -2.46. The van der Waals surface area contributed by atoms with Crippen molar-refractivity contribution < 1.29 is 31.8 Å². The fraction of sp³-hybridized carbons (Fsp3) is 0.348. The topological polar surface area (TPSA) is 50.8 Å². The molecule has 0 aliphatic carbocycles. The Labute approximate surface area is 192 Å². The summed E-state index contributed by atoms with van der Waals surface area (Å²) in [6.07, 6.45) is -3.38. The van der Waals surface area contributed by atoms with Crippen LogP contribution in [0.3, 0.4) is 0 Å². The summed E-state index contributed by atoms with van der Waals surface area (Å²) >= 11 is 6.74. The van der Waals surface area contributed by atoms with Crippen LogP contribution in [0, 0.1) is 5.82 Å². The predicted molar refractivity (Wildman–Crippen MR) is 113 cm³/mol. The fourth-order valence-electron chi connectivity index (χ4n) is 3.97. The van der Waals surface area contributed by atoms with Gasteiger partial charge in [0.25, 0.3) is 5.25 Å². The lowest BCUT2D eigenvalue weighted by molar-refractivity contribution is -0.303. The molecule has 4 rings (SSSR count). The summed E-state index contributed by atoms with van der Waals surface area (Å²) in [5.74, 6) is -0.925. The number of alkyl halides is 4. The van der Waals surface area contributed by atoms with Crippen LogP contribution in [-0.2, 0) is 20.9 Å². The lowest BCUT2D eigenvalue weighted by Crippen LogP contribution is -2.62. The summed E-state index contributed by atoms with van der Waals surface area (Å²) in [6.45, 7) is -0.877. The Bertz CT molecular complexity index is 1020. The SMILES string of the molecule is O=C1C=C(CN2C(C(F)(F)F)CO[C@@](Cl)(OCc3ccccc3)[C@@H]2c2ccc(F)cc2)CN1. The van der Waals surface area contributed by atoms with Crippen molar-refractivity contribution in [2.45, 2.75) is 30.1 Å². The molecule has 33 heavy (non-hydrogen) atoms. The van der Waals surface area contributed by atoms with Gasteiger partial charge >= 0.3 is 6.18 Å². The van der Waals surface area contributed by atoms with Gasteiger partial charge in [0.2, 0.25) is 5.91 Å². The molecule has 2 heterocycles. The number of carbonyl (C=O) groups is 1. The molecule has 176 valence electrons. The van der Waals surface area contributed by atoms with Crippen LogP contribution in [0.15, 0.2) is 66.2 Å². The molecule has 2 aromatic rings. The lowest BCUT2D eigenvalue weighted by atomic mass is 9.98. The molecule has 0 spiro atoms. The van der Waals surface area contributed by atoms with E-state index < -0.39 is 35.9 Å². The molecule has 0 aromatic heterocycles. The third kappa shape index (κ3) is 5.38. The van der Waals surface area contributed by atoms with Crippen molar-refractivity contribution in [1.82, 2.24) is 10.2 Å². The zero-order valence-corrected chi connectivity index (χ0v) is 18.1. The molecule has 1 unspecified atom stereocenters. The second kappa shape index (κ2) is 9.42. The number of rotatable bonds is 6. The van der Waals surface area contributed by atoms with E-state index in [2.05, 4.69) is 5.32 Å². The summed E-state index contributed by atoms with van der Waals surface area (Å²) < 4.78 is 67.1. The van der Waals surface area contributed by atoms with Crippen molar-refractivity contribution in [1.29, 1.82) is 0 Å². The molecule has 1 N–H and O–H groups in total. The third-order valence-electron chi connectivity index (χ3n) is 5.55. The maximum absolute atomic E-state index is 14.0. The third-order valence-corrected chi connectivity index (χ3v) is 5.97. The predicted octanol–water partition coefficient (Wildman–Crippen LogP) is 4.30. The van der Waals surface area contributed by atoms with Crippen LogP contribution in [-0.4, -0.2) is 48.0 Å². The van der Waals surface area contributed by atoms with Gasteiger partial charge in [-0.1, -0.05) is 54.1 Å². The minimum atomic E-state index is -4.65. The lowest BCUT2D eigenvalue weighted by Gasteiger charge is -2.50. The van der Waals surface area contributed by atoms with Crippen molar-refractivity contribution in [2.75, 3.05) is 19.7 Å². The summed E-state index contributed by atoms with van der Waals surface area (Å²) in [5, 5.41) is 0.564. The molecule has 2 aliphatic heterocycles. The Morgan fingerprint density at radius 1 is 1.15 bits per heavy atom. The number of hydrogen-bond donors (Lipinski definition) is 1. The van der Waals surface area contributed by atoms with Gasteiger partial charge < -0.3 is 14.8 Å². The van der Waals surface area contributed by atoms with Crippen LogP contribution in [0.1, 0.15) is 17.2 Å². The number of halogens is 5. The quantitative estimate of drug-likeness (QED) is 0.491. The Morgan fingerprint density at radius 2 is 1.85 bits per heavy atom. The minimum absolute atomic E-state index is 0.0186. The van der Waals surface area contributed by atoms with Gasteiger partial charge in [0.05, 0.1) is 13.2 Å². The first kappa shape index (κ1) is 23.7. The van der Waals surface area contributed by atoms with Crippen LogP contribution >= 0.6 is 11.6 Å².